The van der Waals surface area contributed by atoms with Crippen molar-refractivity contribution in [3.63, 3.8) is 0 Å². The van der Waals surface area contributed by atoms with Crippen LogP contribution in [-0.2, 0) is 13.8 Å². The van der Waals surface area contributed by atoms with Gasteiger partial charge in [0.05, 0.1) is 15.8 Å². The van der Waals surface area contributed by atoms with Crippen molar-refractivity contribution in [2.45, 2.75) is 63.2 Å². The van der Waals surface area contributed by atoms with Gasteiger partial charge in [-0.2, -0.15) is 0 Å². The third-order valence-electron chi connectivity index (χ3n) is 4.11. The first-order chi connectivity index (χ1) is 12.2. The Balaban J connectivity index is 2.16. The maximum atomic E-state index is 12.0. The van der Waals surface area contributed by atoms with Gasteiger partial charge in [-0.05, 0) is 43.4 Å². The van der Waals surface area contributed by atoms with Crippen molar-refractivity contribution >= 4 is 30.2 Å². The lowest BCUT2D eigenvalue weighted by molar-refractivity contribution is -0.0511. The first-order valence-corrected chi connectivity index (χ1v) is 10.7. The van der Waals surface area contributed by atoms with Gasteiger partial charge in [-0.15, -0.1) is 0 Å². The molecule has 0 aliphatic carbocycles. The number of aliphatic hydroxyl groups excluding tert-OH is 2. The monoisotopic (exact) mass is 520 g/mol. The van der Waals surface area contributed by atoms with Crippen molar-refractivity contribution in [3.8, 4) is 0 Å². The molecule has 0 amide bonds. The van der Waals surface area contributed by atoms with E-state index in [0.29, 0.717) is 0 Å². The minimum atomic E-state index is -4.36. The number of ether oxygens (including phenoxy) is 1. The molecular weight excluding hydrogens is 498 g/mol. The maximum Gasteiger partial charge on any atom is 0.359 e. The van der Waals surface area contributed by atoms with Crippen molar-refractivity contribution in [2.24, 2.45) is 0 Å². The number of hydrogen-bond acceptors (Lipinski definition) is 8. The van der Waals surface area contributed by atoms with E-state index in [1.165, 1.54) is 13.1 Å². The van der Waals surface area contributed by atoms with Crippen LogP contribution in [0.2, 0.25) is 0 Å². The molecule has 1 aliphatic rings. The van der Waals surface area contributed by atoms with E-state index in [0.717, 1.165) is 18.4 Å². The van der Waals surface area contributed by atoms with Crippen LogP contribution in [0.15, 0.2) is 15.8 Å². The molecule has 2 rings (SSSR count). The second kappa shape index (κ2) is 8.03. The average molecular weight is 520 g/mol. The molecule has 154 valence electrons. The normalized spacial score (nSPS) is 29.5. The molecule has 1 aliphatic heterocycles. The zero-order valence-corrected chi connectivity index (χ0v) is 17.8. The number of rotatable bonds is 6. The molecule has 1 aromatic rings. The van der Waals surface area contributed by atoms with Crippen LogP contribution in [-0.4, -0.2) is 59.5 Å². The highest BCUT2D eigenvalue weighted by Gasteiger charge is 2.46. The molecule has 0 saturated carbocycles. The number of halogens is 1. The van der Waals surface area contributed by atoms with Crippen LogP contribution in [0, 0.1) is 3.57 Å². The molecule has 0 radical (unpaired) electrons. The summed E-state index contributed by atoms with van der Waals surface area (Å²) in [5, 5.41) is 28.2. The third-order valence-corrected chi connectivity index (χ3v) is 6.91. The molecule has 2 heterocycles. The Bertz CT molecular complexity index is 848. The third kappa shape index (κ3) is 4.88. The second-order valence-corrected chi connectivity index (χ2v) is 10.4. The molecule has 5 N–H and O–H groups in total. The Labute approximate surface area is 167 Å². The lowest BCUT2D eigenvalue weighted by Gasteiger charge is -2.28. The van der Waals surface area contributed by atoms with Gasteiger partial charge in [-0.3, -0.25) is 18.9 Å². The number of aliphatic hydroxyl groups is 3. The lowest BCUT2D eigenvalue weighted by Crippen LogP contribution is -2.38. The molecule has 1 fully saturated rings. The van der Waals surface area contributed by atoms with Crippen molar-refractivity contribution in [1.29, 1.82) is 0 Å². The van der Waals surface area contributed by atoms with Crippen LogP contribution in [0.1, 0.15) is 33.4 Å². The van der Waals surface area contributed by atoms with Gasteiger partial charge in [0.25, 0.3) is 5.56 Å². The van der Waals surface area contributed by atoms with E-state index in [9.17, 15) is 34.4 Å². The Hall–Kier alpha value is -0.600. The van der Waals surface area contributed by atoms with Crippen molar-refractivity contribution in [1.82, 2.24) is 9.55 Å². The van der Waals surface area contributed by atoms with E-state index in [2.05, 4.69) is 4.98 Å². The minimum Gasteiger partial charge on any atom is -0.388 e. The van der Waals surface area contributed by atoms with Gasteiger partial charge in [0.15, 0.2) is 11.6 Å². The van der Waals surface area contributed by atoms with E-state index < -0.39 is 54.8 Å². The summed E-state index contributed by atoms with van der Waals surface area (Å²) in [4.78, 5) is 35.3. The summed E-state index contributed by atoms with van der Waals surface area (Å²) < 4.78 is 23.7. The predicted molar refractivity (Wildman–Crippen MR) is 101 cm³/mol. The van der Waals surface area contributed by atoms with E-state index >= 15 is 0 Å². The van der Waals surface area contributed by atoms with Crippen LogP contribution >= 0.6 is 30.2 Å². The van der Waals surface area contributed by atoms with Crippen LogP contribution in [0.25, 0.3) is 0 Å². The highest BCUT2D eigenvalue weighted by molar-refractivity contribution is 14.1. The summed E-state index contributed by atoms with van der Waals surface area (Å²) in [6.07, 6.45) is -4.96. The topological polar surface area (TPSA) is 171 Å². The highest BCUT2D eigenvalue weighted by atomic mass is 127. The van der Waals surface area contributed by atoms with Crippen LogP contribution in [0.5, 0.6) is 0 Å². The Morgan fingerprint density at radius 1 is 1.41 bits per heavy atom. The van der Waals surface area contributed by atoms with E-state index in [1.54, 1.807) is 22.6 Å². The van der Waals surface area contributed by atoms with Crippen molar-refractivity contribution in [2.75, 3.05) is 0 Å². The molecule has 27 heavy (non-hydrogen) atoms. The summed E-state index contributed by atoms with van der Waals surface area (Å²) in [6, 6.07) is 0. The smallest absolute Gasteiger partial charge is 0.359 e. The molecule has 1 saturated heterocycles. The first kappa shape index (κ1) is 22.7. The SMILES string of the molecule is CC(C[C@H]1O[C@@H](n2cc(I)c(=O)[nH]c2=O)[C@H](O)[C@@H]1O)OP(=O)(O)C(C)(C)O. The highest BCUT2D eigenvalue weighted by Crippen LogP contribution is 2.54. The first-order valence-electron chi connectivity index (χ1n) is 8.01. The number of aromatic nitrogens is 2. The second-order valence-electron chi connectivity index (χ2n) is 6.86. The zero-order chi connectivity index (χ0) is 20.7. The molecule has 13 heteroatoms. The number of nitrogens with zero attached hydrogens (tertiary/aromatic N) is 1. The minimum absolute atomic E-state index is 0.0927. The Kier molecular flexibility index (Phi) is 6.75. The molecule has 11 nitrogen and oxygen atoms in total. The summed E-state index contributed by atoms with van der Waals surface area (Å²) in [7, 11) is -4.36. The van der Waals surface area contributed by atoms with Gasteiger partial charge in [0.2, 0.25) is 0 Å². The Morgan fingerprint density at radius 2 is 2.00 bits per heavy atom. The quantitative estimate of drug-likeness (QED) is 0.244. The lowest BCUT2D eigenvalue weighted by atomic mass is 10.1. The average Bonchev–Trinajstić information content (AvgIpc) is 2.77. The number of nitrogens with one attached hydrogen (secondary N) is 1. The molecule has 6 atom stereocenters. The van der Waals surface area contributed by atoms with E-state index in [1.807, 2.05) is 0 Å². The Morgan fingerprint density at radius 3 is 2.56 bits per heavy atom. The van der Waals surface area contributed by atoms with Gasteiger partial charge in [0, 0.05) is 12.6 Å². The van der Waals surface area contributed by atoms with Crippen LogP contribution in [0.4, 0.5) is 0 Å². The van der Waals surface area contributed by atoms with Gasteiger partial charge in [0.1, 0.15) is 12.2 Å². The van der Waals surface area contributed by atoms with Gasteiger partial charge in [-0.1, -0.05) is 0 Å². The molecular formula is C14H22IN2O9P. The molecule has 0 bridgehead atoms. The van der Waals surface area contributed by atoms with Crippen LogP contribution < -0.4 is 11.2 Å². The van der Waals surface area contributed by atoms with E-state index in [4.69, 9.17) is 9.26 Å². The van der Waals surface area contributed by atoms with Crippen molar-refractivity contribution in [3.05, 3.63) is 30.6 Å². The maximum absolute atomic E-state index is 12.0. The van der Waals surface area contributed by atoms with Gasteiger partial charge in [-0.25, -0.2) is 4.79 Å². The number of hydrogen-bond donors (Lipinski definition) is 5. The van der Waals surface area contributed by atoms with Crippen LogP contribution in [0.3, 0.4) is 0 Å². The molecule has 0 spiro atoms. The summed E-state index contributed by atoms with van der Waals surface area (Å²) in [6.45, 7) is 3.70. The number of aromatic amines is 1. The van der Waals surface area contributed by atoms with Crippen molar-refractivity contribution < 1.29 is 34.0 Å². The van der Waals surface area contributed by atoms with E-state index in [-0.39, 0.29) is 9.99 Å². The fraction of sp³-hybridized carbons (Fsp3) is 0.714. The summed E-state index contributed by atoms with van der Waals surface area (Å²) >= 11 is 1.71. The zero-order valence-electron chi connectivity index (χ0n) is 14.8. The predicted octanol–water partition coefficient (Wildman–Crippen LogP) is -0.531. The standard InChI is InChI=1S/C14H22IN2O9P/c1-6(26-27(23,24)14(2,3)22)4-8-9(18)10(19)12(25-8)17-5-7(15)11(20)16-13(17)21/h5-6,8-10,12,18-19,22H,4H2,1-3H3,(H,23,24)(H,16,20,21)/t6?,8-,9-,10-,12-/m1/s1. The molecule has 2 unspecified atom stereocenters. The van der Waals surface area contributed by atoms with Gasteiger partial charge >= 0.3 is 13.3 Å². The summed E-state index contributed by atoms with van der Waals surface area (Å²) in [5.74, 6) is 0. The molecule has 0 aromatic carbocycles. The van der Waals surface area contributed by atoms with Gasteiger partial charge < -0.3 is 29.5 Å². The number of H-pyrrole nitrogens is 1. The molecule has 1 aromatic heterocycles. The fourth-order valence-electron chi connectivity index (χ4n) is 2.55. The fourth-order valence-corrected chi connectivity index (χ4v) is 3.81. The largest absolute Gasteiger partial charge is 0.388 e. The summed E-state index contributed by atoms with van der Waals surface area (Å²) in [5.41, 5.74) is -1.41.